The Morgan fingerprint density at radius 2 is 1.75 bits per heavy atom. The maximum Gasteiger partial charge on any atom is 0.303 e. The van der Waals surface area contributed by atoms with E-state index in [1.807, 2.05) is 24.3 Å². The number of nitro groups is 1. The number of aryl methyl sites for hydroxylation is 1. The van der Waals surface area contributed by atoms with E-state index in [4.69, 9.17) is 5.11 Å². The molecule has 0 unspecified atom stereocenters. The van der Waals surface area contributed by atoms with Crippen molar-refractivity contribution in [2.45, 2.75) is 12.8 Å². The summed E-state index contributed by atoms with van der Waals surface area (Å²) < 4.78 is 0. The summed E-state index contributed by atoms with van der Waals surface area (Å²) in [5.41, 5.74) is 2.71. The van der Waals surface area contributed by atoms with Gasteiger partial charge in [0.1, 0.15) is 0 Å². The second-order valence-electron chi connectivity index (χ2n) is 4.35. The minimum Gasteiger partial charge on any atom is -0.481 e. The molecule has 0 aliphatic heterocycles. The molecule has 0 aromatic heterocycles. The van der Waals surface area contributed by atoms with Crippen molar-refractivity contribution < 1.29 is 14.8 Å². The highest BCUT2D eigenvalue weighted by Crippen LogP contribution is 2.26. The molecule has 2 aromatic carbocycles. The highest BCUT2D eigenvalue weighted by atomic mass is 16.6. The van der Waals surface area contributed by atoms with E-state index in [0.29, 0.717) is 6.42 Å². The highest BCUT2D eigenvalue weighted by molar-refractivity contribution is 5.71. The molecule has 0 aliphatic carbocycles. The third-order valence-corrected chi connectivity index (χ3v) is 3.01. The van der Waals surface area contributed by atoms with Crippen molar-refractivity contribution in [3.8, 4) is 11.1 Å². The molecule has 0 fully saturated rings. The summed E-state index contributed by atoms with van der Waals surface area (Å²) in [5, 5.41) is 19.4. The summed E-state index contributed by atoms with van der Waals surface area (Å²) in [5.74, 6) is -0.844. The minimum absolute atomic E-state index is 0.0387. The predicted octanol–water partition coefficient (Wildman–Crippen LogP) is 3.28. The molecule has 1 N–H and O–H groups in total. The third kappa shape index (κ3) is 3.20. The number of aliphatic carboxylic acids is 1. The Hall–Kier alpha value is -2.69. The topological polar surface area (TPSA) is 80.4 Å². The third-order valence-electron chi connectivity index (χ3n) is 3.01. The lowest BCUT2D eigenvalue weighted by Gasteiger charge is -2.08. The summed E-state index contributed by atoms with van der Waals surface area (Å²) in [6, 6.07) is 13.7. The summed E-state index contributed by atoms with van der Waals surface area (Å²) in [6.45, 7) is 0. The van der Waals surface area contributed by atoms with Gasteiger partial charge >= 0.3 is 5.97 Å². The van der Waals surface area contributed by atoms with Gasteiger partial charge in [0, 0.05) is 18.6 Å². The van der Waals surface area contributed by atoms with E-state index < -0.39 is 10.9 Å². The molecule has 20 heavy (non-hydrogen) atoms. The lowest BCUT2D eigenvalue weighted by molar-refractivity contribution is -0.384. The molecular weight excluding hydrogens is 258 g/mol. The van der Waals surface area contributed by atoms with Crippen LogP contribution in [0.15, 0.2) is 48.5 Å². The van der Waals surface area contributed by atoms with Crippen molar-refractivity contribution >= 4 is 11.7 Å². The molecule has 0 heterocycles. The van der Waals surface area contributed by atoms with Crippen molar-refractivity contribution in [1.29, 1.82) is 0 Å². The van der Waals surface area contributed by atoms with Gasteiger partial charge in [-0.1, -0.05) is 24.3 Å². The van der Waals surface area contributed by atoms with Gasteiger partial charge < -0.3 is 5.11 Å². The van der Waals surface area contributed by atoms with Crippen LogP contribution in [-0.2, 0) is 11.2 Å². The number of benzene rings is 2. The van der Waals surface area contributed by atoms with Crippen LogP contribution in [0.5, 0.6) is 0 Å². The van der Waals surface area contributed by atoms with Crippen LogP contribution in [0.25, 0.3) is 11.1 Å². The summed E-state index contributed by atoms with van der Waals surface area (Å²) >= 11 is 0. The Balaban J connectivity index is 2.31. The lowest BCUT2D eigenvalue weighted by Crippen LogP contribution is -1.99. The Morgan fingerprint density at radius 1 is 1.10 bits per heavy atom. The van der Waals surface area contributed by atoms with E-state index in [1.165, 1.54) is 12.1 Å². The number of hydrogen-bond acceptors (Lipinski definition) is 3. The van der Waals surface area contributed by atoms with E-state index >= 15 is 0 Å². The molecule has 2 aromatic rings. The van der Waals surface area contributed by atoms with Crippen LogP contribution >= 0.6 is 0 Å². The zero-order valence-electron chi connectivity index (χ0n) is 10.7. The quantitative estimate of drug-likeness (QED) is 0.668. The molecular formula is C15H13NO4. The molecule has 0 saturated heterocycles. The zero-order chi connectivity index (χ0) is 14.5. The first-order valence-electron chi connectivity index (χ1n) is 6.12. The number of carboxylic acids is 1. The average Bonchev–Trinajstić information content (AvgIpc) is 2.45. The largest absolute Gasteiger partial charge is 0.481 e. The fourth-order valence-corrected chi connectivity index (χ4v) is 2.02. The second-order valence-corrected chi connectivity index (χ2v) is 4.35. The van der Waals surface area contributed by atoms with E-state index in [-0.39, 0.29) is 12.1 Å². The SMILES string of the molecule is O=C(O)CCc1ccccc1-c1ccc([N+](=O)[O-])cc1. The van der Waals surface area contributed by atoms with Gasteiger partial charge in [-0.2, -0.15) is 0 Å². The maximum absolute atomic E-state index is 10.7. The van der Waals surface area contributed by atoms with E-state index in [0.717, 1.165) is 16.7 Å². The summed E-state index contributed by atoms with van der Waals surface area (Å²) in [4.78, 5) is 20.9. The molecule has 0 bridgehead atoms. The first kappa shape index (κ1) is 13.7. The van der Waals surface area contributed by atoms with Gasteiger partial charge in [-0.25, -0.2) is 0 Å². The molecule has 102 valence electrons. The maximum atomic E-state index is 10.7. The molecule has 0 saturated carbocycles. The Labute approximate surface area is 115 Å². The minimum atomic E-state index is -0.844. The van der Waals surface area contributed by atoms with Gasteiger partial charge in [-0.15, -0.1) is 0 Å². The number of non-ortho nitro benzene ring substituents is 1. The number of nitro benzene ring substituents is 1. The number of carbonyl (C=O) groups is 1. The number of carboxylic acid groups (broad SMARTS) is 1. The van der Waals surface area contributed by atoms with E-state index in [2.05, 4.69) is 0 Å². The summed E-state index contributed by atoms with van der Waals surface area (Å²) in [7, 11) is 0. The number of nitrogens with zero attached hydrogens (tertiary/aromatic N) is 1. The summed E-state index contributed by atoms with van der Waals surface area (Å²) in [6.07, 6.45) is 0.493. The number of rotatable bonds is 5. The normalized spacial score (nSPS) is 10.2. The average molecular weight is 271 g/mol. The van der Waals surface area contributed by atoms with Gasteiger partial charge in [0.15, 0.2) is 0 Å². The van der Waals surface area contributed by atoms with Crippen molar-refractivity contribution in [2.75, 3.05) is 0 Å². The fraction of sp³-hybridized carbons (Fsp3) is 0.133. The molecule has 0 amide bonds. The fourth-order valence-electron chi connectivity index (χ4n) is 2.02. The molecule has 5 nitrogen and oxygen atoms in total. The second kappa shape index (κ2) is 5.97. The van der Waals surface area contributed by atoms with Gasteiger partial charge in [0.25, 0.3) is 5.69 Å². The van der Waals surface area contributed by atoms with Crippen molar-refractivity contribution in [3.05, 3.63) is 64.2 Å². The molecule has 5 heteroatoms. The number of hydrogen-bond donors (Lipinski definition) is 1. The molecule has 0 radical (unpaired) electrons. The van der Waals surface area contributed by atoms with Crippen LogP contribution < -0.4 is 0 Å². The van der Waals surface area contributed by atoms with Gasteiger partial charge in [-0.3, -0.25) is 14.9 Å². The smallest absolute Gasteiger partial charge is 0.303 e. The monoisotopic (exact) mass is 271 g/mol. The Kier molecular flexibility index (Phi) is 4.10. The van der Waals surface area contributed by atoms with Gasteiger partial charge in [-0.05, 0) is 35.2 Å². The van der Waals surface area contributed by atoms with Crippen LogP contribution in [0, 0.1) is 10.1 Å². The van der Waals surface area contributed by atoms with E-state index in [9.17, 15) is 14.9 Å². The van der Waals surface area contributed by atoms with Crippen LogP contribution in [0.2, 0.25) is 0 Å². The Bertz CT molecular complexity index is 635. The molecule has 0 atom stereocenters. The molecule has 0 aliphatic rings. The Morgan fingerprint density at radius 3 is 2.35 bits per heavy atom. The van der Waals surface area contributed by atoms with Gasteiger partial charge in [0.05, 0.1) is 4.92 Å². The van der Waals surface area contributed by atoms with E-state index in [1.54, 1.807) is 12.1 Å². The van der Waals surface area contributed by atoms with Crippen molar-refractivity contribution in [3.63, 3.8) is 0 Å². The first-order chi connectivity index (χ1) is 9.58. The lowest BCUT2D eigenvalue weighted by atomic mass is 9.96. The van der Waals surface area contributed by atoms with Crippen molar-refractivity contribution in [1.82, 2.24) is 0 Å². The zero-order valence-corrected chi connectivity index (χ0v) is 10.7. The standard InChI is InChI=1S/C15H13NO4/c17-15(18)10-7-11-3-1-2-4-14(11)12-5-8-13(9-6-12)16(19)20/h1-6,8-9H,7,10H2,(H,17,18). The highest BCUT2D eigenvalue weighted by Gasteiger charge is 2.09. The van der Waals surface area contributed by atoms with Crippen LogP contribution in [0.3, 0.4) is 0 Å². The predicted molar refractivity (Wildman–Crippen MR) is 74.5 cm³/mol. The van der Waals surface area contributed by atoms with Crippen LogP contribution in [0.4, 0.5) is 5.69 Å². The van der Waals surface area contributed by atoms with Crippen LogP contribution in [0.1, 0.15) is 12.0 Å². The van der Waals surface area contributed by atoms with Crippen molar-refractivity contribution in [2.24, 2.45) is 0 Å². The molecule has 0 spiro atoms. The molecule has 2 rings (SSSR count). The van der Waals surface area contributed by atoms with Crippen LogP contribution in [-0.4, -0.2) is 16.0 Å². The van der Waals surface area contributed by atoms with Gasteiger partial charge in [0.2, 0.25) is 0 Å². The first-order valence-corrected chi connectivity index (χ1v) is 6.12.